The van der Waals surface area contributed by atoms with Gasteiger partial charge in [-0.25, -0.2) is 0 Å². The Labute approximate surface area is 164 Å². The van der Waals surface area contributed by atoms with E-state index in [9.17, 15) is 4.79 Å². The summed E-state index contributed by atoms with van der Waals surface area (Å²) >= 11 is 6.02. The van der Waals surface area contributed by atoms with Crippen LogP contribution in [-0.2, 0) is 4.79 Å². The summed E-state index contributed by atoms with van der Waals surface area (Å²) < 4.78 is 10.5. The Bertz CT molecular complexity index is 775. The zero-order valence-corrected chi connectivity index (χ0v) is 16.4. The van der Waals surface area contributed by atoms with Gasteiger partial charge in [0.15, 0.2) is 6.54 Å². The molecule has 6 nitrogen and oxygen atoms in total. The summed E-state index contributed by atoms with van der Waals surface area (Å²) in [6, 6.07) is 13.3. The standard InChI is InChI=1S/C20H24ClN3O3/c1-26-17-6-4-16(5-7-17)24-11-9-23(10-12-24)14-20(25)22-18-13-15(21)3-8-19(18)27-2/h3-8,13H,9-12,14H2,1-2H3,(H,22,25)/p+1. The fraction of sp³-hybridized carbons (Fsp3) is 0.350. The summed E-state index contributed by atoms with van der Waals surface area (Å²) in [6.45, 7) is 4.06. The van der Waals surface area contributed by atoms with E-state index < -0.39 is 0 Å². The summed E-state index contributed by atoms with van der Waals surface area (Å²) in [4.78, 5) is 16.0. The first-order valence-corrected chi connectivity index (χ1v) is 9.33. The quantitative estimate of drug-likeness (QED) is 0.788. The van der Waals surface area contributed by atoms with Crippen LogP contribution in [0, 0.1) is 0 Å². The second-order valence-electron chi connectivity index (χ2n) is 6.50. The zero-order chi connectivity index (χ0) is 19.2. The maximum atomic E-state index is 12.4. The fourth-order valence-corrected chi connectivity index (χ4v) is 3.42. The van der Waals surface area contributed by atoms with Crippen LogP contribution in [0.3, 0.4) is 0 Å². The Morgan fingerprint density at radius 1 is 1.11 bits per heavy atom. The number of ether oxygens (including phenoxy) is 2. The van der Waals surface area contributed by atoms with Crippen LogP contribution in [0.2, 0.25) is 5.02 Å². The third kappa shape index (κ3) is 5.05. The topological polar surface area (TPSA) is 55.2 Å². The molecule has 1 saturated heterocycles. The molecule has 27 heavy (non-hydrogen) atoms. The summed E-state index contributed by atoms with van der Waals surface area (Å²) in [5, 5.41) is 3.47. The van der Waals surface area contributed by atoms with E-state index in [1.807, 2.05) is 12.1 Å². The second-order valence-corrected chi connectivity index (χ2v) is 6.94. The average molecular weight is 391 g/mol. The number of carbonyl (C=O) groups excluding carboxylic acids is 1. The number of halogens is 1. The number of carbonyl (C=O) groups is 1. The van der Waals surface area contributed by atoms with Crippen LogP contribution < -0.4 is 24.6 Å². The number of nitrogens with one attached hydrogen (secondary N) is 2. The van der Waals surface area contributed by atoms with E-state index in [2.05, 4.69) is 22.3 Å². The first-order valence-electron chi connectivity index (χ1n) is 8.95. The van der Waals surface area contributed by atoms with E-state index in [-0.39, 0.29) is 5.91 Å². The number of anilines is 2. The molecular weight excluding hydrogens is 366 g/mol. The van der Waals surface area contributed by atoms with E-state index in [4.69, 9.17) is 21.1 Å². The molecule has 1 amide bonds. The van der Waals surface area contributed by atoms with Gasteiger partial charge in [0.25, 0.3) is 5.91 Å². The lowest BCUT2D eigenvalue weighted by molar-refractivity contribution is -0.892. The predicted molar refractivity (Wildman–Crippen MR) is 107 cm³/mol. The number of hydrogen-bond donors (Lipinski definition) is 2. The lowest BCUT2D eigenvalue weighted by atomic mass is 10.2. The van der Waals surface area contributed by atoms with E-state index in [1.165, 1.54) is 10.6 Å². The van der Waals surface area contributed by atoms with Gasteiger partial charge in [-0.2, -0.15) is 0 Å². The highest BCUT2D eigenvalue weighted by Gasteiger charge is 2.23. The molecule has 2 N–H and O–H groups in total. The Kier molecular flexibility index (Phi) is 6.42. The van der Waals surface area contributed by atoms with Crippen molar-refractivity contribution in [3.63, 3.8) is 0 Å². The summed E-state index contributed by atoms with van der Waals surface area (Å²) in [7, 11) is 3.24. The van der Waals surface area contributed by atoms with Gasteiger partial charge in [-0.05, 0) is 42.5 Å². The number of piperazine rings is 1. The Balaban J connectivity index is 1.51. The van der Waals surface area contributed by atoms with Gasteiger partial charge in [0, 0.05) is 10.7 Å². The van der Waals surface area contributed by atoms with Gasteiger partial charge in [0.1, 0.15) is 11.5 Å². The van der Waals surface area contributed by atoms with Crippen LogP contribution in [0.5, 0.6) is 11.5 Å². The Hall–Kier alpha value is -2.44. The van der Waals surface area contributed by atoms with Gasteiger partial charge in [0.2, 0.25) is 0 Å². The number of nitrogens with zero attached hydrogens (tertiary/aromatic N) is 1. The van der Waals surface area contributed by atoms with Crippen LogP contribution in [0.4, 0.5) is 11.4 Å². The lowest BCUT2D eigenvalue weighted by Gasteiger charge is -2.33. The van der Waals surface area contributed by atoms with Gasteiger partial charge >= 0.3 is 0 Å². The molecule has 2 aromatic carbocycles. The van der Waals surface area contributed by atoms with Crippen LogP contribution in [-0.4, -0.2) is 52.9 Å². The molecule has 3 rings (SSSR count). The van der Waals surface area contributed by atoms with E-state index in [0.717, 1.165) is 31.9 Å². The van der Waals surface area contributed by atoms with Gasteiger partial charge in [0.05, 0.1) is 46.1 Å². The van der Waals surface area contributed by atoms with Crippen molar-refractivity contribution in [2.75, 3.05) is 57.2 Å². The highest BCUT2D eigenvalue weighted by atomic mass is 35.5. The van der Waals surface area contributed by atoms with Crippen molar-refractivity contribution >= 4 is 28.9 Å². The molecule has 1 fully saturated rings. The van der Waals surface area contributed by atoms with Gasteiger partial charge in [-0.1, -0.05) is 11.6 Å². The van der Waals surface area contributed by atoms with E-state index in [0.29, 0.717) is 23.0 Å². The van der Waals surface area contributed by atoms with Gasteiger partial charge in [-0.15, -0.1) is 0 Å². The maximum Gasteiger partial charge on any atom is 0.279 e. The molecule has 0 bridgehead atoms. The van der Waals surface area contributed by atoms with Crippen molar-refractivity contribution in [3.05, 3.63) is 47.5 Å². The van der Waals surface area contributed by atoms with Crippen molar-refractivity contribution in [3.8, 4) is 11.5 Å². The van der Waals surface area contributed by atoms with Gasteiger partial charge < -0.3 is 24.6 Å². The van der Waals surface area contributed by atoms with Crippen LogP contribution in [0.1, 0.15) is 0 Å². The number of rotatable bonds is 6. The molecule has 1 aliphatic heterocycles. The molecule has 7 heteroatoms. The highest BCUT2D eigenvalue weighted by molar-refractivity contribution is 6.31. The predicted octanol–water partition coefficient (Wildman–Crippen LogP) is 1.70. The van der Waals surface area contributed by atoms with Crippen LogP contribution in [0.15, 0.2) is 42.5 Å². The molecule has 1 aliphatic rings. The van der Waals surface area contributed by atoms with Crippen LogP contribution in [0.25, 0.3) is 0 Å². The van der Waals surface area contributed by atoms with Crippen molar-refractivity contribution in [2.45, 2.75) is 0 Å². The molecule has 0 spiro atoms. The lowest BCUT2D eigenvalue weighted by Crippen LogP contribution is -3.15. The SMILES string of the molecule is COc1ccc(N2CC[NH+](CC(=O)Nc3cc(Cl)ccc3OC)CC2)cc1. The first-order chi connectivity index (χ1) is 13.1. The third-order valence-corrected chi connectivity index (χ3v) is 4.99. The molecule has 0 unspecified atom stereocenters. The minimum atomic E-state index is -0.0385. The molecule has 0 aliphatic carbocycles. The monoisotopic (exact) mass is 390 g/mol. The first kappa shape index (κ1) is 19.3. The minimum Gasteiger partial charge on any atom is -0.497 e. The molecule has 0 aromatic heterocycles. The molecule has 2 aromatic rings. The molecule has 1 heterocycles. The fourth-order valence-electron chi connectivity index (χ4n) is 3.25. The maximum absolute atomic E-state index is 12.4. The number of amides is 1. The molecule has 0 saturated carbocycles. The average Bonchev–Trinajstić information content (AvgIpc) is 2.69. The Morgan fingerprint density at radius 2 is 1.81 bits per heavy atom. The van der Waals surface area contributed by atoms with Crippen molar-refractivity contribution in [2.24, 2.45) is 0 Å². The molecule has 0 radical (unpaired) electrons. The minimum absolute atomic E-state index is 0.0385. The van der Waals surface area contributed by atoms with Crippen molar-refractivity contribution < 1.29 is 19.2 Å². The van der Waals surface area contributed by atoms with E-state index in [1.54, 1.807) is 32.4 Å². The summed E-state index contributed by atoms with van der Waals surface area (Å²) in [5.41, 5.74) is 1.79. The second kappa shape index (κ2) is 8.97. The summed E-state index contributed by atoms with van der Waals surface area (Å²) in [6.07, 6.45) is 0. The van der Waals surface area contributed by atoms with Crippen molar-refractivity contribution in [1.29, 1.82) is 0 Å². The van der Waals surface area contributed by atoms with E-state index >= 15 is 0 Å². The number of hydrogen-bond acceptors (Lipinski definition) is 4. The zero-order valence-electron chi connectivity index (χ0n) is 15.6. The smallest absolute Gasteiger partial charge is 0.279 e. The number of quaternary nitrogens is 1. The van der Waals surface area contributed by atoms with Crippen LogP contribution >= 0.6 is 11.6 Å². The Morgan fingerprint density at radius 3 is 2.44 bits per heavy atom. The van der Waals surface area contributed by atoms with Gasteiger partial charge in [-0.3, -0.25) is 4.79 Å². The molecule has 0 atom stereocenters. The third-order valence-electron chi connectivity index (χ3n) is 4.75. The molecule has 144 valence electrons. The number of methoxy groups -OCH3 is 2. The molecular formula is C20H25ClN3O3+. The highest BCUT2D eigenvalue weighted by Crippen LogP contribution is 2.27. The summed E-state index contributed by atoms with van der Waals surface area (Å²) in [5.74, 6) is 1.42. The largest absolute Gasteiger partial charge is 0.497 e. The van der Waals surface area contributed by atoms with Crippen molar-refractivity contribution in [1.82, 2.24) is 0 Å². The normalized spacial score (nSPS) is 14.7. The number of benzene rings is 2.